The first-order chi connectivity index (χ1) is 11.4. The lowest BCUT2D eigenvalue weighted by Gasteiger charge is -2.18. The molecule has 4 rings (SSSR count). The fraction of sp³-hybridized carbons (Fsp3) is 0.200. The normalized spacial score (nSPS) is 13.2. The van der Waals surface area contributed by atoms with Crippen LogP contribution in [0, 0.1) is 0 Å². The lowest BCUT2D eigenvalue weighted by molar-refractivity contribution is 0.590. The highest BCUT2D eigenvalue weighted by molar-refractivity contribution is 7.15. The van der Waals surface area contributed by atoms with Crippen molar-refractivity contribution in [3.05, 3.63) is 74.5 Å². The van der Waals surface area contributed by atoms with Crippen LogP contribution in [0.2, 0.25) is 0 Å². The van der Waals surface area contributed by atoms with Crippen LogP contribution in [0.15, 0.2) is 53.3 Å². The van der Waals surface area contributed by atoms with Crippen LogP contribution in [-0.2, 0) is 5.41 Å². The van der Waals surface area contributed by atoms with Crippen molar-refractivity contribution in [1.82, 2.24) is 9.38 Å². The van der Waals surface area contributed by atoms with Crippen molar-refractivity contribution < 1.29 is 0 Å². The molecule has 4 heteroatoms. The Morgan fingerprint density at radius 3 is 2.46 bits per heavy atom. The van der Waals surface area contributed by atoms with Crippen molar-refractivity contribution in [2.24, 2.45) is 0 Å². The third kappa shape index (κ3) is 2.43. The summed E-state index contributed by atoms with van der Waals surface area (Å²) in [6.45, 7) is 6.59. The molecule has 0 radical (unpaired) electrons. The standard InChI is InChI=1S/C20H18N2OS/c1-20(2,3)14-10-8-13(9-11-14)12-17-18(23)22-16-7-5-4-6-15(16)21-19(22)24-17/h4-12H,1-3H3/b17-12+. The van der Waals surface area contributed by atoms with E-state index in [0.717, 1.165) is 21.6 Å². The van der Waals surface area contributed by atoms with Crippen LogP contribution in [0.1, 0.15) is 31.9 Å². The number of aromatic nitrogens is 2. The van der Waals surface area contributed by atoms with Crippen LogP contribution in [-0.4, -0.2) is 9.38 Å². The van der Waals surface area contributed by atoms with Crippen LogP contribution in [0.25, 0.3) is 22.1 Å². The number of thiazole rings is 1. The molecule has 3 nitrogen and oxygen atoms in total. The molecule has 2 aromatic heterocycles. The van der Waals surface area contributed by atoms with Gasteiger partial charge in [0.15, 0.2) is 4.96 Å². The second-order valence-electron chi connectivity index (χ2n) is 7.01. The van der Waals surface area contributed by atoms with Crippen molar-refractivity contribution in [3.63, 3.8) is 0 Å². The first-order valence-corrected chi connectivity index (χ1v) is 8.77. The third-order valence-electron chi connectivity index (χ3n) is 4.22. The maximum atomic E-state index is 12.7. The lowest BCUT2D eigenvalue weighted by atomic mass is 9.87. The Morgan fingerprint density at radius 1 is 1.04 bits per heavy atom. The zero-order valence-corrected chi connectivity index (χ0v) is 14.7. The molecule has 2 heterocycles. The van der Waals surface area contributed by atoms with Crippen LogP contribution in [0.5, 0.6) is 0 Å². The fourth-order valence-electron chi connectivity index (χ4n) is 2.84. The summed E-state index contributed by atoms with van der Waals surface area (Å²) in [4.78, 5) is 18.0. The number of hydrogen-bond acceptors (Lipinski definition) is 3. The van der Waals surface area contributed by atoms with E-state index in [-0.39, 0.29) is 11.0 Å². The zero-order chi connectivity index (χ0) is 16.9. The predicted molar refractivity (Wildman–Crippen MR) is 101 cm³/mol. The summed E-state index contributed by atoms with van der Waals surface area (Å²) >= 11 is 1.44. The van der Waals surface area contributed by atoms with Crippen LogP contribution in [0.3, 0.4) is 0 Å². The van der Waals surface area contributed by atoms with Gasteiger partial charge >= 0.3 is 0 Å². The number of para-hydroxylation sites is 2. The predicted octanol–water partition coefficient (Wildman–Crippen LogP) is 3.75. The summed E-state index contributed by atoms with van der Waals surface area (Å²) in [6, 6.07) is 16.1. The smallest absolute Gasteiger partial charge is 0.267 e. The Bertz CT molecular complexity index is 1140. The van der Waals surface area contributed by atoms with Gasteiger partial charge in [0.1, 0.15) is 0 Å². The molecule has 0 amide bonds. The third-order valence-corrected chi connectivity index (χ3v) is 5.19. The van der Waals surface area contributed by atoms with Crippen LogP contribution >= 0.6 is 11.3 Å². The average Bonchev–Trinajstić information content (AvgIpc) is 3.04. The minimum Gasteiger partial charge on any atom is -0.267 e. The number of fused-ring (bicyclic) bond motifs is 3. The summed E-state index contributed by atoms with van der Waals surface area (Å²) in [7, 11) is 0. The van der Waals surface area contributed by atoms with Gasteiger partial charge in [0.25, 0.3) is 5.56 Å². The van der Waals surface area contributed by atoms with E-state index < -0.39 is 0 Å². The summed E-state index contributed by atoms with van der Waals surface area (Å²) in [5.41, 5.74) is 4.19. The molecule has 0 bridgehead atoms. The second kappa shape index (κ2) is 5.28. The minimum atomic E-state index is 0.00333. The summed E-state index contributed by atoms with van der Waals surface area (Å²) in [5.74, 6) is 0. The van der Waals surface area contributed by atoms with Crippen molar-refractivity contribution in [3.8, 4) is 0 Å². The largest absolute Gasteiger partial charge is 0.274 e. The molecular weight excluding hydrogens is 316 g/mol. The highest BCUT2D eigenvalue weighted by Gasteiger charge is 2.13. The molecule has 0 aliphatic heterocycles. The zero-order valence-electron chi connectivity index (χ0n) is 13.9. The van der Waals surface area contributed by atoms with Crippen molar-refractivity contribution in [2.75, 3.05) is 0 Å². The topological polar surface area (TPSA) is 34.4 Å². The van der Waals surface area contributed by atoms with Gasteiger partial charge in [0.05, 0.1) is 15.6 Å². The summed E-state index contributed by atoms with van der Waals surface area (Å²) in [6.07, 6.45) is 1.95. The molecule has 4 aromatic rings. The molecule has 0 spiro atoms. The number of benzene rings is 2. The molecule has 0 aliphatic rings. The average molecular weight is 334 g/mol. The first-order valence-electron chi connectivity index (χ1n) is 7.96. The quantitative estimate of drug-likeness (QED) is 0.531. The van der Waals surface area contributed by atoms with Crippen molar-refractivity contribution in [2.45, 2.75) is 26.2 Å². The molecule has 0 saturated heterocycles. The fourth-order valence-corrected chi connectivity index (χ4v) is 3.83. The molecule has 0 atom stereocenters. The Hall–Kier alpha value is -2.46. The van der Waals surface area contributed by atoms with E-state index in [1.165, 1.54) is 16.9 Å². The lowest BCUT2D eigenvalue weighted by Crippen LogP contribution is -2.22. The van der Waals surface area contributed by atoms with E-state index in [1.807, 2.05) is 30.3 Å². The van der Waals surface area contributed by atoms with Gasteiger partial charge in [-0.1, -0.05) is 68.5 Å². The molecule has 0 N–H and O–H groups in total. The van der Waals surface area contributed by atoms with Gasteiger partial charge in [-0.25, -0.2) is 9.38 Å². The van der Waals surface area contributed by atoms with Gasteiger partial charge in [0.2, 0.25) is 0 Å². The van der Waals surface area contributed by atoms with E-state index >= 15 is 0 Å². The SMILES string of the molecule is CC(C)(C)c1ccc(/C=c2/sc3nc4ccccc4n3c2=O)cc1. The number of nitrogens with zero attached hydrogens (tertiary/aromatic N) is 2. The molecule has 0 unspecified atom stereocenters. The van der Waals surface area contributed by atoms with Crippen molar-refractivity contribution in [1.29, 1.82) is 0 Å². The maximum Gasteiger partial charge on any atom is 0.274 e. The molecule has 0 aliphatic carbocycles. The monoisotopic (exact) mass is 334 g/mol. The Labute approximate surface area is 143 Å². The molecule has 24 heavy (non-hydrogen) atoms. The second-order valence-corrected chi connectivity index (χ2v) is 8.02. The van der Waals surface area contributed by atoms with Gasteiger partial charge in [-0.2, -0.15) is 0 Å². The van der Waals surface area contributed by atoms with Gasteiger partial charge < -0.3 is 0 Å². The molecular formula is C20H18N2OS. The van der Waals surface area contributed by atoms with Gasteiger partial charge in [-0.05, 0) is 34.8 Å². The number of imidazole rings is 1. The van der Waals surface area contributed by atoms with Crippen molar-refractivity contribution >= 4 is 33.4 Å². The first kappa shape index (κ1) is 15.1. The van der Waals surface area contributed by atoms with Gasteiger partial charge in [-0.15, -0.1) is 0 Å². The minimum absolute atomic E-state index is 0.00333. The molecule has 120 valence electrons. The van der Waals surface area contributed by atoms with Gasteiger partial charge in [0, 0.05) is 0 Å². The Balaban J connectivity index is 1.86. The maximum absolute atomic E-state index is 12.7. The Kier molecular flexibility index (Phi) is 3.32. The van der Waals surface area contributed by atoms with Crippen LogP contribution < -0.4 is 10.1 Å². The number of hydrogen-bond donors (Lipinski definition) is 0. The summed E-state index contributed by atoms with van der Waals surface area (Å²) in [5, 5.41) is 0. The summed E-state index contributed by atoms with van der Waals surface area (Å²) < 4.78 is 2.42. The van der Waals surface area contributed by atoms with Crippen LogP contribution in [0.4, 0.5) is 0 Å². The molecule has 0 fully saturated rings. The van der Waals surface area contributed by atoms with E-state index in [9.17, 15) is 4.79 Å². The van der Waals surface area contributed by atoms with Gasteiger partial charge in [-0.3, -0.25) is 4.79 Å². The van der Waals surface area contributed by atoms with E-state index in [4.69, 9.17) is 0 Å². The highest BCUT2D eigenvalue weighted by atomic mass is 32.1. The van der Waals surface area contributed by atoms with E-state index in [2.05, 4.69) is 50.0 Å². The molecule has 2 aromatic carbocycles. The van der Waals surface area contributed by atoms with E-state index in [1.54, 1.807) is 4.40 Å². The Morgan fingerprint density at radius 2 is 1.75 bits per heavy atom. The van der Waals surface area contributed by atoms with E-state index in [0.29, 0.717) is 4.53 Å². The highest BCUT2D eigenvalue weighted by Crippen LogP contribution is 2.22. The number of rotatable bonds is 1. The molecule has 0 saturated carbocycles.